The van der Waals surface area contributed by atoms with Crippen LogP contribution in [0.15, 0.2) is 54.0 Å². The molecule has 1 amide bonds. The Balaban J connectivity index is 1.41. The highest BCUT2D eigenvalue weighted by molar-refractivity contribution is 7.17. The number of amides is 1. The molecule has 1 fully saturated rings. The first-order valence-electron chi connectivity index (χ1n) is 10.2. The lowest BCUT2D eigenvalue weighted by atomic mass is 10.0. The predicted molar refractivity (Wildman–Crippen MR) is 125 cm³/mol. The number of aromatic nitrogens is 3. The zero-order valence-corrected chi connectivity index (χ0v) is 18.6. The van der Waals surface area contributed by atoms with Gasteiger partial charge in [-0.25, -0.2) is 4.98 Å². The van der Waals surface area contributed by atoms with Gasteiger partial charge in [-0.3, -0.25) is 9.78 Å². The van der Waals surface area contributed by atoms with Gasteiger partial charge in [-0.15, -0.1) is 11.3 Å². The summed E-state index contributed by atoms with van der Waals surface area (Å²) in [6.45, 7) is 1.89. The summed E-state index contributed by atoms with van der Waals surface area (Å²) in [5.41, 5.74) is 2.60. The average molecular weight is 466 g/mol. The third-order valence-electron chi connectivity index (χ3n) is 5.44. The first kappa shape index (κ1) is 20.8. The lowest BCUT2D eigenvalue weighted by molar-refractivity contribution is 0.0705. The van der Waals surface area contributed by atoms with Crippen LogP contribution in [0.2, 0.25) is 5.02 Å². The van der Waals surface area contributed by atoms with Gasteiger partial charge in [-0.2, -0.15) is 4.98 Å². The van der Waals surface area contributed by atoms with Crippen LogP contribution in [0.4, 0.5) is 0 Å². The second-order valence-corrected chi connectivity index (χ2v) is 8.97. The zero-order chi connectivity index (χ0) is 22.1. The summed E-state index contributed by atoms with van der Waals surface area (Å²) in [7, 11) is 0. The van der Waals surface area contributed by atoms with Crippen molar-refractivity contribution in [3.63, 3.8) is 0 Å². The van der Waals surface area contributed by atoms with E-state index in [9.17, 15) is 9.90 Å². The van der Waals surface area contributed by atoms with Gasteiger partial charge in [0.05, 0.1) is 5.56 Å². The van der Waals surface area contributed by atoms with Crippen LogP contribution in [0.3, 0.4) is 0 Å². The molecule has 2 N–H and O–H groups in total. The molecule has 0 aliphatic carbocycles. The molecule has 7 nitrogen and oxygen atoms in total. The first-order chi connectivity index (χ1) is 15.6. The number of hydrogen-bond donors (Lipinski definition) is 2. The Bertz CT molecular complexity index is 1280. The molecule has 5 rings (SSSR count). The molecule has 162 valence electrons. The number of hydrogen-bond acceptors (Lipinski definition) is 7. The van der Waals surface area contributed by atoms with Gasteiger partial charge in [0.25, 0.3) is 5.91 Å². The van der Waals surface area contributed by atoms with E-state index < -0.39 is 0 Å². The second kappa shape index (κ2) is 8.82. The van der Waals surface area contributed by atoms with E-state index in [-0.39, 0.29) is 17.8 Å². The van der Waals surface area contributed by atoms with Crippen molar-refractivity contribution in [2.24, 2.45) is 0 Å². The lowest BCUT2D eigenvalue weighted by Crippen LogP contribution is -2.53. The van der Waals surface area contributed by atoms with Crippen LogP contribution in [0, 0.1) is 0 Å². The monoisotopic (exact) mass is 465 g/mol. The van der Waals surface area contributed by atoms with Gasteiger partial charge in [0.15, 0.2) is 5.82 Å². The molecule has 1 saturated heterocycles. The standard InChI is InChI=1S/C23H20ClN5O2S/c24-15-5-3-4-14(10-15)11-16-12-29(9-8-25-16)23(31)17-13-32-20-19(17)27-21(28-22(20)30)18-6-1-2-7-26-18/h1-7,10,13,16,25H,8-9,11-12H2,(H,27,28,30). The molecule has 0 bridgehead atoms. The van der Waals surface area contributed by atoms with Gasteiger partial charge in [0.2, 0.25) is 5.88 Å². The smallest absolute Gasteiger partial charge is 0.257 e. The fraction of sp³-hybridized carbons (Fsp3) is 0.217. The fourth-order valence-corrected chi connectivity index (χ4v) is 5.01. The summed E-state index contributed by atoms with van der Waals surface area (Å²) in [5.74, 6) is 0.0555. The summed E-state index contributed by atoms with van der Waals surface area (Å²) in [5, 5.41) is 16.4. The summed E-state index contributed by atoms with van der Waals surface area (Å²) < 4.78 is 0.499. The number of carbonyl (C=O) groups excluding carboxylic acids is 1. The van der Waals surface area contributed by atoms with Crippen LogP contribution >= 0.6 is 22.9 Å². The molecular weight excluding hydrogens is 446 g/mol. The van der Waals surface area contributed by atoms with Crippen LogP contribution < -0.4 is 5.32 Å². The largest absolute Gasteiger partial charge is 0.492 e. The molecule has 32 heavy (non-hydrogen) atoms. The van der Waals surface area contributed by atoms with Crippen molar-refractivity contribution in [3.05, 3.63) is 70.2 Å². The topological polar surface area (TPSA) is 91.2 Å². The number of aromatic hydroxyl groups is 1. The second-order valence-electron chi connectivity index (χ2n) is 7.65. The molecule has 1 unspecified atom stereocenters. The Labute approximate surface area is 193 Å². The Hall–Kier alpha value is -3.07. The molecule has 3 aromatic heterocycles. The highest BCUT2D eigenvalue weighted by Crippen LogP contribution is 2.33. The van der Waals surface area contributed by atoms with Gasteiger partial charge in [0.1, 0.15) is 15.9 Å². The molecule has 1 aromatic carbocycles. The number of nitrogens with zero attached hydrogens (tertiary/aromatic N) is 4. The maximum absolute atomic E-state index is 13.4. The molecule has 0 saturated carbocycles. The number of fused-ring (bicyclic) bond motifs is 1. The van der Waals surface area contributed by atoms with Crippen LogP contribution in [-0.2, 0) is 6.42 Å². The number of nitrogens with one attached hydrogen (secondary N) is 1. The summed E-state index contributed by atoms with van der Waals surface area (Å²) in [6, 6.07) is 13.3. The third-order valence-corrected chi connectivity index (χ3v) is 6.64. The fourth-order valence-electron chi connectivity index (χ4n) is 3.93. The number of piperazine rings is 1. The Morgan fingerprint density at radius 3 is 2.97 bits per heavy atom. The number of rotatable bonds is 4. The molecule has 1 aliphatic heterocycles. The highest BCUT2D eigenvalue weighted by atomic mass is 35.5. The molecule has 0 radical (unpaired) electrons. The third kappa shape index (κ3) is 4.17. The van der Waals surface area contributed by atoms with Crippen LogP contribution in [0.1, 0.15) is 15.9 Å². The predicted octanol–water partition coefficient (Wildman–Crippen LogP) is 3.77. The first-order valence-corrected chi connectivity index (χ1v) is 11.5. The number of pyridine rings is 1. The van der Waals surface area contributed by atoms with Crippen molar-refractivity contribution in [2.45, 2.75) is 12.5 Å². The molecule has 1 atom stereocenters. The van der Waals surface area contributed by atoms with E-state index in [1.807, 2.05) is 35.2 Å². The van der Waals surface area contributed by atoms with Crippen molar-refractivity contribution in [2.75, 3.05) is 19.6 Å². The minimum atomic E-state index is -0.140. The summed E-state index contributed by atoms with van der Waals surface area (Å²) in [6.07, 6.45) is 2.42. The molecule has 9 heteroatoms. The molecule has 0 spiro atoms. The lowest BCUT2D eigenvalue weighted by Gasteiger charge is -2.33. The van der Waals surface area contributed by atoms with Crippen molar-refractivity contribution in [1.82, 2.24) is 25.2 Å². The zero-order valence-electron chi connectivity index (χ0n) is 17.0. The highest BCUT2D eigenvalue weighted by Gasteiger charge is 2.27. The van der Waals surface area contributed by atoms with Gasteiger partial charge in [-0.05, 0) is 36.2 Å². The normalized spacial score (nSPS) is 16.4. The van der Waals surface area contributed by atoms with E-state index in [1.54, 1.807) is 23.7 Å². The van der Waals surface area contributed by atoms with Crippen molar-refractivity contribution in [1.29, 1.82) is 0 Å². The van der Waals surface area contributed by atoms with Crippen LogP contribution in [0.5, 0.6) is 5.88 Å². The van der Waals surface area contributed by atoms with Crippen molar-refractivity contribution in [3.8, 4) is 17.4 Å². The summed E-state index contributed by atoms with van der Waals surface area (Å²) in [4.78, 5) is 28.3. The minimum Gasteiger partial charge on any atom is -0.492 e. The Morgan fingerprint density at radius 2 is 2.16 bits per heavy atom. The molecule has 1 aliphatic rings. The quantitative estimate of drug-likeness (QED) is 0.476. The molecule has 4 heterocycles. The number of benzene rings is 1. The van der Waals surface area contributed by atoms with E-state index in [0.717, 1.165) is 12.0 Å². The van der Waals surface area contributed by atoms with E-state index in [1.165, 1.54) is 11.3 Å². The SMILES string of the molecule is O=C(c1csc2c(O)nc(-c3ccccn3)nc12)N1CCNC(Cc2cccc(Cl)c2)C1. The van der Waals surface area contributed by atoms with Gasteiger partial charge < -0.3 is 15.3 Å². The van der Waals surface area contributed by atoms with Gasteiger partial charge >= 0.3 is 0 Å². The van der Waals surface area contributed by atoms with E-state index >= 15 is 0 Å². The maximum atomic E-state index is 13.4. The number of thiophene rings is 1. The van der Waals surface area contributed by atoms with E-state index in [0.29, 0.717) is 52.0 Å². The van der Waals surface area contributed by atoms with Gasteiger partial charge in [0, 0.05) is 42.3 Å². The van der Waals surface area contributed by atoms with Crippen LogP contribution in [-0.4, -0.2) is 56.5 Å². The number of carbonyl (C=O) groups is 1. The minimum absolute atomic E-state index is 0.0982. The number of halogens is 1. The maximum Gasteiger partial charge on any atom is 0.257 e. The Morgan fingerprint density at radius 1 is 1.25 bits per heavy atom. The molecule has 4 aromatic rings. The van der Waals surface area contributed by atoms with E-state index in [2.05, 4.69) is 20.3 Å². The summed E-state index contributed by atoms with van der Waals surface area (Å²) >= 11 is 7.38. The molecular formula is C23H20ClN5O2S. The van der Waals surface area contributed by atoms with E-state index in [4.69, 9.17) is 11.6 Å². The average Bonchev–Trinajstić information content (AvgIpc) is 3.24. The van der Waals surface area contributed by atoms with Crippen LogP contribution in [0.25, 0.3) is 21.7 Å². The Kier molecular flexibility index (Phi) is 5.73. The van der Waals surface area contributed by atoms with Crippen molar-refractivity contribution < 1.29 is 9.90 Å². The van der Waals surface area contributed by atoms with Gasteiger partial charge in [-0.1, -0.05) is 29.8 Å². The van der Waals surface area contributed by atoms with Crippen molar-refractivity contribution >= 4 is 39.1 Å².